The van der Waals surface area contributed by atoms with Gasteiger partial charge in [0.1, 0.15) is 11.2 Å². The van der Waals surface area contributed by atoms with Gasteiger partial charge in [0, 0.05) is 31.3 Å². The van der Waals surface area contributed by atoms with Gasteiger partial charge in [-0.25, -0.2) is 0 Å². The molecule has 1 atom stereocenters. The first-order chi connectivity index (χ1) is 13.9. The molecular formula is C22H32N4O3. The van der Waals surface area contributed by atoms with Gasteiger partial charge in [-0.05, 0) is 33.9 Å². The molecule has 1 fully saturated rings. The zero-order valence-corrected chi connectivity index (χ0v) is 17.7. The summed E-state index contributed by atoms with van der Waals surface area (Å²) in [5, 5.41) is 3.29. The van der Waals surface area contributed by atoms with E-state index in [0.717, 1.165) is 31.2 Å². The molecule has 7 heteroatoms. The summed E-state index contributed by atoms with van der Waals surface area (Å²) in [6.45, 7) is 3.55. The fraction of sp³-hybridized carbons (Fsp3) is 0.636. The first-order valence-corrected chi connectivity index (χ1v) is 10.7. The number of nitrogens with zero attached hydrogens (tertiary/aromatic N) is 3. The van der Waals surface area contributed by atoms with Crippen LogP contribution in [0.2, 0.25) is 0 Å². The molecule has 7 nitrogen and oxygen atoms in total. The number of hydrogen-bond acceptors (Lipinski definition) is 4. The van der Waals surface area contributed by atoms with E-state index in [-0.39, 0.29) is 17.9 Å². The summed E-state index contributed by atoms with van der Waals surface area (Å²) >= 11 is 0. The second-order valence-electron chi connectivity index (χ2n) is 8.98. The second-order valence-corrected chi connectivity index (χ2v) is 8.98. The average molecular weight is 401 g/mol. The summed E-state index contributed by atoms with van der Waals surface area (Å²) in [5.74, 6) is -0.157. The molecule has 1 aliphatic heterocycles. The SMILES string of the molecule is CN(C)CCN1C(=O)c2cc3occc3n2C[C@]1(C)C(=O)NC1CCCCCC1. The van der Waals surface area contributed by atoms with Crippen molar-refractivity contribution in [2.75, 3.05) is 27.2 Å². The third-order valence-electron chi connectivity index (χ3n) is 6.50. The molecule has 1 aliphatic carbocycles. The van der Waals surface area contributed by atoms with Gasteiger partial charge in [-0.2, -0.15) is 0 Å². The lowest BCUT2D eigenvalue weighted by Crippen LogP contribution is -2.65. The zero-order chi connectivity index (χ0) is 20.6. The quantitative estimate of drug-likeness (QED) is 0.784. The maximum Gasteiger partial charge on any atom is 0.271 e. The Kier molecular flexibility index (Phi) is 5.42. The van der Waals surface area contributed by atoms with E-state index in [9.17, 15) is 9.59 Å². The summed E-state index contributed by atoms with van der Waals surface area (Å²) in [5.41, 5.74) is 1.22. The van der Waals surface area contributed by atoms with Crippen LogP contribution >= 0.6 is 0 Å². The third-order valence-corrected chi connectivity index (χ3v) is 6.50. The molecule has 0 aromatic carbocycles. The lowest BCUT2D eigenvalue weighted by molar-refractivity contribution is -0.133. The van der Waals surface area contributed by atoms with Gasteiger partial charge in [0.15, 0.2) is 5.58 Å². The smallest absolute Gasteiger partial charge is 0.271 e. The van der Waals surface area contributed by atoms with Crippen LogP contribution < -0.4 is 5.32 Å². The van der Waals surface area contributed by atoms with E-state index in [1.54, 1.807) is 17.2 Å². The number of likely N-dealkylation sites (N-methyl/N-ethyl adjacent to an activating group) is 1. The molecule has 2 aromatic rings. The van der Waals surface area contributed by atoms with E-state index in [2.05, 4.69) is 5.32 Å². The van der Waals surface area contributed by atoms with Gasteiger partial charge >= 0.3 is 0 Å². The maximum atomic E-state index is 13.6. The molecular weight excluding hydrogens is 368 g/mol. The highest BCUT2D eigenvalue weighted by atomic mass is 16.3. The minimum Gasteiger partial charge on any atom is -0.463 e. The van der Waals surface area contributed by atoms with Gasteiger partial charge < -0.3 is 24.1 Å². The number of amides is 2. The number of furan rings is 1. The van der Waals surface area contributed by atoms with E-state index in [0.29, 0.717) is 30.9 Å². The van der Waals surface area contributed by atoms with Crippen LogP contribution in [0, 0.1) is 0 Å². The molecule has 3 heterocycles. The van der Waals surface area contributed by atoms with Crippen molar-refractivity contribution in [1.82, 2.24) is 19.7 Å². The monoisotopic (exact) mass is 400 g/mol. The van der Waals surface area contributed by atoms with Gasteiger partial charge in [0.25, 0.3) is 5.91 Å². The van der Waals surface area contributed by atoms with E-state index >= 15 is 0 Å². The van der Waals surface area contributed by atoms with Gasteiger partial charge in [-0.3, -0.25) is 9.59 Å². The maximum absolute atomic E-state index is 13.6. The molecule has 0 saturated heterocycles. The molecule has 1 saturated carbocycles. The zero-order valence-electron chi connectivity index (χ0n) is 17.7. The van der Waals surface area contributed by atoms with Gasteiger partial charge in [-0.15, -0.1) is 0 Å². The van der Waals surface area contributed by atoms with E-state index in [1.807, 2.05) is 36.6 Å². The van der Waals surface area contributed by atoms with Crippen molar-refractivity contribution in [3.63, 3.8) is 0 Å². The van der Waals surface area contributed by atoms with Crippen molar-refractivity contribution >= 4 is 22.9 Å². The molecule has 2 aromatic heterocycles. The summed E-state index contributed by atoms with van der Waals surface area (Å²) in [6.07, 6.45) is 8.46. The van der Waals surface area contributed by atoms with Crippen molar-refractivity contribution in [1.29, 1.82) is 0 Å². The summed E-state index contributed by atoms with van der Waals surface area (Å²) in [7, 11) is 3.96. The molecule has 0 unspecified atom stereocenters. The number of hydrogen-bond donors (Lipinski definition) is 1. The number of aromatic nitrogens is 1. The Bertz CT molecular complexity index is 891. The predicted octanol–water partition coefficient (Wildman–Crippen LogP) is 2.85. The fourth-order valence-corrected chi connectivity index (χ4v) is 4.69. The van der Waals surface area contributed by atoms with Crippen LogP contribution in [-0.2, 0) is 11.3 Å². The number of carbonyl (C=O) groups excluding carboxylic acids is 2. The van der Waals surface area contributed by atoms with Gasteiger partial charge in [0.05, 0.1) is 18.3 Å². The number of nitrogens with one attached hydrogen (secondary N) is 1. The Hall–Kier alpha value is -2.28. The van der Waals surface area contributed by atoms with Crippen LogP contribution in [-0.4, -0.2) is 64.9 Å². The van der Waals surface area contributed by atoms with Crippen LogP contribution in [0.25, 0.3) is 11.1 Å². The van der Waals surface area contributed by atoms with Crippen LogP contribution in [0.5, 0.6) is 0 Å². The average Bonchev–Trinajstić information content (AvgIpc) is 3.16. The largest absolute Gasteiger partial charge is 0.463 e. The lowest BCUT2D eigenvalue weighted by atomic mass is 9.93. The normalized spacial score (nSPS) is 23.4. The first-order valence-electron chi connectivity index (χ1n) is 10.7. The van der Waals surface area contributed by atoms with Crippen molar-refractivity contribution in [3.05, 3.63) is 24.1 Å². The minimum atomic E-state index is -0.935. The molecule has 0 spiro atoms. The highest BCUT2D eigenvalue weighted by Crippen LogP contribution is 2.33. The number of rotatable bonds is 5. The first kappa shape index (κ1) is 20.0. The van der Waals surface area contributed by atoms with Crippen LogP contribution in [0.3, 0.4) is 0 Å². The number of fused-ring (bicyclic) bond motifs is 3. The Labute approximate surface area is 172 Å². The molecule has 158 valence electrons. The molecule has 29 heavy (non-hydrogen) atoms. The number of carbonyl (C=O) groups is 2. The Morgan fingerprint density at radius 1 is 1.28 bits per heavy atom. The highest BCUT2D eigenvalue weighted by Gasteiger charge is 2.48. The predicted molar refractivity (Wildman–Crippen MR) is 112 cm³/mol. The summed E-state index contributed by atoms with van der Waals surface area (Å²) < 4.78 is 7.46. The topological polar surface area (TPSA) is 70.7 Å². The molecule has 0 radical (unpaired) electrons. The van der Waals surface area contributed by atoms with Crippen LogP contribution in [0.4, 0.5) is 0 Å². The lowest BCUT2D eigenvalue weighted by Gasteiger charge is -2.45. The van der Waals surface area contributed by atoms with Crippen molar-refractivity contribution in [2.24, 2.45) is 0 Å². The molecule has 2 aliphatic rings. The second kappa shape index (κ2) is 7.86. The van der Waals surface area contributed by atoms with Crippen molar-refractivity contribution in [3.8, 4) is 0 Å². The Morgan fingerprint density at radius 2 is 2.00 bits per heavy atom. The van der Waals surface area contributed by atoms with Crippen molar-refractivity contribution in [2.45, 2.75) is 63.6 Å². The van der Waals surface area contributed by atoms with E-state index < -0.39 is 5.54 Å². The summed E-state index contributed by atoms with van der Waals surface area (Å²) in [6, 6.07) is 3.86. The third kappa shape index (κ3) is 3.68. The minimum absolute atomic E-state index is 0.0486. The van der Waals surface area contributed by atoms with Crippen LogP contribution in [0.15, 0.2) is 22.8 Å². The fourth-order valence-electron chi connectivity index (χ4n) is 4.69. The standard InChI is InChI=1S/C22H32N4O3/c1-22(21(28)23-16-8-6-4-5-7-9-16)15-25-17-10-13-29-19(17)14-18(25)20(27)26(22)12-11-24(2)3/h10,13-14,16H,4-9,11-12,15H2,1-3H3,(H,23,28)/t22-/m1/s1. The molecule has 4 rings (SSSR count). The van der Waals surface area contributed by atoms with Gasteiger partial charge in [-0.1, -0.05) is 25.7 Å². The molecule has 2 amide bonds. The highest BCUT2D eigenvalue weighted by molar-refractivity contribution is 6.02. The molecule has 1 N–H and O–H groups in total. The van der Waals surface area contributed by atoms with Crippen molar-refractivity contribution < 1.29 is 14.0 Å². The molecule has 0 bridgehead atoms. The van der Waals surface area contributed by atoms with E-state index in [4.69, 9.17) is 4.42 Å². The van der Waals surface area contributed by atoms with E-state index in [1.165, 1.54) is 12.8 Å². The Morgan fingerprint density at radius 3 is 2.69 bits per heavy atom. The summed E-state index contributed by atoms with van der Waals surface area (Å²) in [4.78, 5) is 30.8. The Balaban J connectivity index is 1.66. The van der Waals surface area contributed by atoms with Gasteiger partial charge in [0.2, 0.25) is 5.91 Å². The van der Waals surface area contributed by atoms with Crippen LogP contribution in [0.1, 0.15) is 55.9 Å².